The average molecular weight is 226 g/mol. The van der Waals surface area contributed by atoms with Gasteiger partial charge in [-0.3, -0.25) is 0 Å². The molecule has 2 rings (SSSR count). The molecule has 5 heteroatoms. The number of hydrogen-bond donors (Lipinski definition) is 1. The van der Waals surface area contributed by atoms with Crippen molar-refractivity contribution in [2.24, 2.45) is 5.92 Å². The molecule has 0 aromatic carbocycles. The Bertz CT molecular complexity index is 267. The van der Waals surface area contributed by atoms with E-state index in [9.17, 15) is 0 Å². The first kappa shape index (κ1) is 10.8. The van der Waals surface area contributed by atoms with Crippen molar-refractivity contribution in [2.45, 2.75) is 19.8 Å². The smallest absolute Gasteiger partial charge is 0.205 e. The molecule has 0 bridgehead atoms. The van der Waals surface area contributed by atoms with E-state index in [1.165, 1.54) is 25.9 Å². The van der Waals surface area contributed by atoms with Crippen LogP contribution < -0.4 is 5.32 Å². The summed E-state index contributed by atoms with van der Waals surface area (Å²) in [5, 5.41) is 12.0. The fraction of sp³-hybridized carbons (Fsp3) is 0.800. The number of likely N-dealkylation sites (tertiary alicyclic amines) is 1. The summed E-state index contributed by atoms with van der Waals surface area (Å²) in [7, 11) is 0. The molecule has 0 atom stereocenters. The van der Waals surface area contributed by atoms with E-state index in [2.05, 4.69) is 27.3 Å². The summed E-state index contributed by atoms with van der Waals surface area (Å²) >= 11 is 1.56. The van der Waals surface area contributed by atoms with Gasteiger partial charge >= 0.3 is 0 Å². The number of aromatic nitrogens is 2. The number of nitrogens with zero attached hydrogens (tertiary/aromatic N) is 3. The molecule has 2 heterocycles. The number of rotatable bonds is 4. The van der Waals surface area contributed by atoms with Crippen molar-refractivity contribution in [3.63, 3.8) is 0 Å². The standard InChI is InChI=1S/C10H18N4S/c1-9-2-5-14(6-3-9)7-4-11-10-13-12-8-15-10/h8-9H,2-7H2,1H3,(H,11,13). The van der Waals surface area contributed by atoms with Gasteiger partial charge in [-0.25, -0.2) is 0 Å². The van der Waals surface area contributed by atoms with Crippen LogP contribution in [0.2, 0.25) is 0 Å². The second-order valence-corrected chi connectivity index (χ2v) is 5.03. The third-order valence-electron chi connectivity index (χ3n) is 2.94. The monoisotopic (exact) mass is 226 g/mol. The fourth-order valence-corrected chi connectivity index (χ4v) is 2.33. The highest BCUT2D eigenvalue weighted by molar-refractivity contribution is 7.13. The Morgan fingerprint density at radius 1 is 1.53 bits per heavy atom. The highest BCUT2D eigenvalue weighted by Crippen LogP contribution is 2.15. The predicted octanol–water partition coefficient (Wildman–Crippen LogP) is 1.68. The van der Waals surface area contributed by atoms with Crippen LogP contribution in [0.3, 0.4) is 0 Å². The lowest BCUT2D eigenvalue weighted by Crippen LogP contribution is -2.36. The van der Waals surface area contributed by atoms with Crippen molar-refractivity contribution >= 4 is 16.5 Å². The number of nitrogens with one attached hydrogen (secondary N) is 1. The lowest BCUT2D eigenvalue weighted by atomic mass is 9.99. The molecule has 0 spiro atoms. The van der Waals surface area contributed by atoms with Crippen LogP contribution in [0.4, 0.5) is 5.13 Å². The Kier molecular flexibility index (Phi) is 3.91. The molecule has 1 aliphatic rings. The van der Waals surface area contributed by atoms with Gasteiger partial charge < -0.3 is 10.2 Å². The Hall–Kier alpha value is -0.680. The van der Waals surface area contributed by atoms with Crippen molar-refractivity contribution in [1.29, 1.82) is 0 Å². The van der Waals surface area contributed by atoms with Crippen LogP contribution in [0, 0.1) is 5.92 Å². The molecule has 0 amide bonds. The third-order valence-corrected chi connectivity index (χ3v) is 3.59. The van der Waals surface area contributed by atoms with E-state index in [-0.39, 0.29) is 0 Å². The van der Waals surface area contributed by atoms with E-state index >= 15 is 0 Å². The Balaban J connectivity index is 1.62. The van der Waals surface area contributed by atoms with Crippen molar-refractivity contribution in [3.8, 4) is 0 Å². The number of anilines is 1. The third kappa shape index (κ3) is 3.43. The molecule has 0 saturated carbocycles. The maximum atomic E-state index is 3.95. The molecule has 84 valence electrons. The van der Waals surface area contributed by atoms with Gasteiger partial charge in [-0.05, 0) is 31.8 Å². The van der Waals surface area contributed by atoms with Gasteiger partial charge in [-0.1, -0.05) is 18.3 Å². The van der Waals surface area contributed by atoms with Gasteiger partial charge in [0.25, 0.3) is 0 Å². The summed E-state index contributed by atoms with van der Waals surface area (Å²) in [6.07, 6.45) is 2.69. The Morgan fingerprint density at radius 2 is 2.33 bits per heavy atom. The molecule has 1 aromatic heterocycles. The zero-order valence-corrected chi connectivity index (χ0v) is 9.96. The molecule has 1 fully saturated rings. The maximum Gasteiger partial charge on any atom is 0.205 e. The molecule has 1 aromatic rings. The van der Waals surface area contributed by atoms with Crippen LogP contribution in [-0.4, -0.2) is 41.3 Å². The quantitative estimate of drug-likeness (QED) is 0.848. The summed E-state index contributed by atoms with van der Waals surface area (Å²) < 4.78 is 0. The molecule has 0 radical (unpaired) electrons. The highest BCUT2D eigenvalue weighted by Gasteiger charge is 2.14. The van der Waals surface area contributed by atoms with E-state index in [1.54, 1.807) is 16.8 Å². The minimum Gasteiger partial charge on any atom is -0.359 e. The largest absolute Gasteiger partial charge is 0.359 e. The second kappa shape index (κ2) is 5.42. The summed E-state index contributed by atoms with van der Waals surface area (Å²) in [5.41, 5.74) is 1.75. The van der Waals surface area contributed by atoms with Gasteiger partial charge in [0, 0.05) is 13.1 Å². The number of piperidine rings is 1. The van der Waals surface area contributed by atoms with Crippen molar-refractivity contribution < 1.29 is 0 Å². The molecular weight excluding hydrogens is 208 g/mol. The summed E-state index contributed by atoms with van der Waals surface area (Å²) in [4.78, 5) is 2.52. The van der Waals surface area contributed by atoms with Gasteiger partial charge in [-0.2, -0.15) is 0 Å². The molecule has 4 nitrogen and oxygen atoms in total. The Labute approximate surface area is 94.7 Å². The second-order valence-electron chi connectivity index (χ2n) is 4.19. The predicted molar refractivity (Wildman–Crippen MR) is 63.2 cm³/mol. The molecular formula is C10H18N4S. The first-order valence-corrected chi connectivity index (χ1v) is 6.45. The SMILES string of the molecule is CC1CCN(CCNc2nncs2)CC1. The van der Waals surface area contributed by atoms with Crippen LogP contribution in [-0.2, 0) is 0 Å². The van der Waals surface area contributed by atoms with Crippen molar-refractivity contribution in [2.75, 3.05) is 31.5 Å². The van der Waals surface area contributed by atoms with E-state index in [0.29, 0.717) is 0 Å². The lowest BCUT2D eigenvalue weighted by molar-refractivity contribution is 0.199. The fourth-order valence-electron chi connectivity index (χ4n) is 1.86. The zero-order chi connectivity index (χ0) is 10.5. The summed E-state index contributed by atoms with van der Waals surface area (Å²) in [6.45, 7) is 6.94. The average Bonchev–Trinajstić information content (AvgIpc) is 2.74. The van der Waals surface area contributed by atoms with E-state index in [1.807, 2.05) is 0 Å². The van der Waals surface area contributed by atoms with Gasteiger partial charge in [-0.15, -0.1) is 10.2 Å². The zero-order valence-electron chi connectivity index (χ0n) is 9.15. The highest BCUT2D eigenvalue weighted by atomic mass is 32.1. The van der Waals surface area contributed by atoms with E-state index in [4.69, 9.17) is 0 Å². The van der Waals surface area contributed by atoms with Crippen LogP contribution in [0.1, 0.15) is 19.8 Å². The van der Waals surface area contributed by atoms with E-state index < -0.39 is 0 Å². The van der Waals surface area contributed by atoms with Crippen molar-refractivity contribution in [3.05, 3.63) is 5.51 Å². The molecule has 1 saturated heterocycles. The molecule has 1 aliphatic heterocycles. The maximum absolute atomic E-state index is 3.95. The van der Waals surface area contributed by atoms with Gasteiger partial charge in [0.15, 0.2) is 0 Å². The first-order valence-electron chi connectivity index (χ1n) is 5.57. The lowest BCUT2D eigenvalue weighted by Gasteiger charge is -2.29. The minimum atomic E-state index is 0.914. The Morgan fingerprint density at radius 3 is 3.00 bits per heavy atom. The molecule has 1 N–H and O–H groups in total. The van der Waals surface area contributed by atoms with Crippen LogP contribution >= 0.6 is 11.3 Å². The molecule has 0 unspecified atom stereocenters. The van der Waals surface area contributed by atoms with Gasteiger partial charge in [0.2, 0.25) is 5.13 Å². The van der Waals surface area contributed by atoms with Crippen LogP contribution in [0.25, 0.3) is 0 Å². The van der Waals surface area contributed by atoms with Gasteiger partial charge in [0.05, 0.1) is 0 Å². The minimum absolute atomic E-state index is 0.914. The summed E-state index contributed by atoms with van der Waals surface area (Å²) in [6, 6.07) is 0. The summed E-state index contributed by atoms with van der Waals surface area (Å²) in [5.74, 6) is 0.914. The normalized spacial score (nSPS) is 19.3. The van der Waals surface area contributed by atoms with E-state index in [0.717, 1.165) is 24.1 Å². The molecule has 0 aliphatic carbocycles. The van der Waals surface area contributed by atoms with Gasteiger partial charge in [0.1, 0.15) is 5.51 Å². The topological polar surface area (TPSA) is 41.0 Å². The number of hydrogen-bond acceptors (Lipinski definition) is 5. The first-order chi connectivity index (χ1) is 7.34. The van der Waals surface area contributed by atoms with Crippen LogP contribution in [0.15, 0.2) is 5.51 Å². The van der Waals surface area contributed by atoms with Crippen LogP contribution in [0.5, 0.6) is 0 Å². The molecule has 15 heavy (non-hydrogen) atoms. The van der Waals surface area contributed by atoms with Crippen molar-refractivity contribution in [1.82, 2.24) is 15.1 Å².